The number of rotatable bonds is 9. The molecule has 0 bridgehead atoms. The number of ether oxygens (including phenoxy) is 1. The summed E-state index contributed by atoms with van der Waals surface area (Å²) in [6, 6.07) is 14.1. The molecule has 208 valence electrons. The smallest absolute Gasteiger partial charge is 0.290 e. The van der Waals surface area contributed by atoms with Gasteiger partial charge in [0, 0.05) is 51.2 Å². The lowest BCUT2D eigenvalue weighted by atomic mass is 9.97. The Balaban J connectivity index is 1.16. The molecule has 0 aliphatic carbocycles. The summed E-state index contributed by atoms with van der Waals surface area (Å²) in [7, 11) is 5.74. The van der Waals surface area contributed by atoms with Gasteiger partial charge in [-0.05, 0) is 73.5 Å². The predicted molar refractivity (Wildman–Crippen MR) is 158 cm³/mol. The number of imide groups is 1. The Bertz CT molecular complexity index is 1420. The third kappa shape index (κ3) is 6.60. The molecule has 3 aromatic rings. The molecular formula is C29H33N7O3S. The van der Waals surface area contributed by atoms with Crippen LogP contribution in [0.1, 0.15) is 24.2 Å². The second-order valence-corrected chi connectivity index (χ2v) is 11.0. The number of thioether (sulfide) groups is 1. The van der Waals surface area contributed by atoms with Crippen LogP contribution in [-0.4, -0.2) is 66.9 Å². The van der Waals surface area contributed by atoms with Gasteiger partial charge in [-0.25, -0.2) is 15.0 Å². The second-order valence-electron chi connectivity index (χ2n) is 9.99. The Morgan fingerprint density at radius 3 is 2.70 bits per heavy atom. The van der Waals surface area contributed by atoms with Crippen molar-refractivity contribution in [2.45, 2.75) is 19.4 Å². The first kappa shape index (κ1) is 27.6. The molecule has 40 heavy (non-hydrogen) atoms. The summed E-state index contributed by atoms with van der Waals surface area (Å²) in [6.45, 7) is 3.20. The molecule has 2 N–H and O–H groups in total. The number of amides is 2. The Kier molecular flexibility index (Phi) is 8.61. The number of nitrogens with zero attached hydrogens (tertiary/aromatic N) is 5. The van der Waals surface area contributed by atoms with E-state index in [1.165, 1.54) is 0 Å². The van der Waals surface area contributed by atoms with E-state index in [9.17, 15) is 9.59 Å². The third-order valence-electron chi connectivity index (χ3n) is 7.02. The van der Waals surface area contributed by atoms with E-state index in [0.717, 1.165) is 72.6 Å². The second kappa shape index (κ2) is 12.5. The van der Waals surface area contributed by atoms with Crippen molar-refractivity contribution in [1.82, 2.24) is 25.6 Å². The molecule has 0 radical (unpaired) electrons. The van der Waals surface area contributed by atoms with Crippen LogP contribution in [0.4, 0.5) is 16.4 Å². The molecule has 5 rings (SSSR count). The van der Waals surface area contributed by atoms with Crippen molar-refractivity contribution in [2.24, 2.45) is 5.92 Å². The van der Waals surface area contributed by atoms with Crippen molar-refractivity contribution in [1.29, 1.82) is 0 Å². The number of carbonyl (C=O) groups is 2. The maximum atomic E-state index is 11.8. The minimum Gasteiger partial charge on any atom is -0.495 e. The summed E-state index contributed by atoms with van der Waals surface area (Å²) in [6.07, 6.45) is 5.34. The van der Waals surface area contributed by atoms with Gasteiger partial charge in [0.1, 0.15) is 5.75 Å². The Labute approximate surface area is 238 Å². The summed E-state index contributed by atoms with van der Waals surface area (Å²) < 4.78 is 5.59. The zero-order chi connectivity index (χ0) is 28.1. The van der Waals surface area contributed by atoms with Gasteiger partial charge in [0.15, 0.2) is 0 Å². The Morgan fingerprint density at radius 2 is 1.98 bits per heavy atom. The van der Waals surface area contributed by atoms with Crippen LogP contribution in [0, 0.1) is 5.92 Å². The van der Waals surface area contributed by atoms with E-state index in [4.69, 9.17) is 9.72 Å². The van der Waals surface area contributed by atoms with E-state index in [2.05, 4.69) is 54.7 Å². The number of hydrogen-bond acceptors (Lipinski definition) is 10. The van der Waals surface area contributed by atoms with Crippen molar-refractivity contribution < 1.29 is 14.3 Å². The summed E-state index contributed by atoms with van der Waals surface area (Å²) in [4.78, 5) is 41.8. The largest absolute Gasteiger partial charge is 0.495 e. The average Bonchev–Trinajstić information content (AvgIpc) is 3.29. The van der Waals surface area contributed by atoms with Crippen molar-refractivity contribution >= 4 is 40.6 Å². The minimum atomic E-state index is -0.387. The number of benzene rings is 1. The fourth-order valence-corrected chi connectivity index (χ4v) is 5.45. The van der Waals surface area contributed by atoms with Gasteiger partial charge in [-0.15, -0.1) is 0 Å². The van der Waals surface area contributed by atoms with Gasteiger partial charge in [0.25, 0.3) is 11.1 Å². The van der Waals surface area contributed by atoms with Crippen LogP contribution in [0.15, 0.2) is 53.6 Å². The summed E-state index contributed by atoms with van der Waals surface area (Å²) >= 11 is 0.886. The molecule has 0 unspecified atom stereocenters. The fourth-order valence-electron chi connectivity index (χ4n) is 4.79. The minimum absolute atomic E-state index is 0.346. The number of pyridine rings is 1. The lowest BCUT2D eigenvalue weighted by Crippen LogP contribution is -2.38. The standard InChI is InChI=1S/C29H33N7O3S/c1-35(2)22-6-4-5-20(15-22)23-7-8-25(39-3)24(33-23)18-30-17-19-10-13-36(14-11-19)28-31-12-9-21(32-28)16-26-27(37)34-29(38)40-26/h4-9,12,15-16,19,30H,10-11,13-14,17-18H2,1-3H3,(H,34,37,38). The molecule has 2 saturated heterocycles. The first-order valence-electron chi connectivity index (χ1n) is 13.2. The van der Waals surface area contributed by atoms with Crippen LogP contribution in [-0.2, 0) is 11.3 Å². The van der Waals surface area contributed by atoms with Gasteiger partial charge >= 0.3 is 0 Å². The third-order valence-corrected chi connectivity index (χ3v) is 7.83. The molecule has 2 amide bonds. The highest BCUT2D eigenvalue weighted by atomic mass is 32.2. The van der Waals surface area contributed by atoms with Crippen LogP contribution in [0.3, 0.4) is 0 Å². The Hall–Kier alpha value is -3.96. The number of hydrogen-bond donors (Lipinski definition) is 2. The van der Waals surface area contributed by atoms with E-state index in [-0.39, 0.29) is 11.1 Å². The van der Waals surface area contributed by atoms with Crippen LogP contribution >= 0.6 is 11.8 Å². The van der Waals surface area contributed by atoms with Crippen molar-refractivity contribution in [3.8, 4) is 17.0 Å². The first-order chi connectivity index (χ1) is 19.4. The number of methoxy groups -OCH3 is 1. The van der Waals surface area contributed by atoms with E-state index < -0.39 is 0 Å². The van der Waals surface area contributed by atoms with Gasteiger partial charge in [0.05, 0.1) is 29.1 Å². The van der Waals surface area contributed by atoms with E-state index >= 15 is 0 Å². The van der Waals surface area contributed by atoms with E-state index in [1.54, 1.807) is 25.4 Å². The molecule has 2 aliphatic rings. The van der Waals surface area contributed by atoms with Crippen molar-refractivity contribution in [2.75, 3.05) is 50.6 Å². The molecule has 4 heterocycles. The summed E-state index contributed by atoms with van der Waals surface area (Å²) in [5.41, 5.74) is 4.63. The molecule has 0 spiro atoms. The highest BCUT2D eigenvalue weighted by Crippen LogP contribution is 2.28. The molecule has 2 aliphatic heterocycles. The van der Waals surface area contributed by atoms with Gasteiger partial charge < -0.3 is 19.9 Å². The molecule has 2 aromatic heterocycles. The molecule has 0 atom stereocenters. The van der Waals surface area contributed by atoms with E-state index in [0.29, 0.717) is 29.0 Å². The van der Waals surface area contributed by atoms with Gasteiger partial charge in [-0.2, -0.15) is 0 Å². The maximum Gasteiger partial charge on any atom is 0.290 e. The zero-order valence-electron chi connectivity index (χ0n) is 22.9. The van der Waals surface area contributed by atoms with Crippen LogP contribution in [0.25, 0.3) is 17.3 Å². The summed E-state index contributed by atoms with van der Waals surface area (Å²) in [5, 5.41) is 5.49. The molecule has 11 heteroatoms. The molecule has 2 fully saturated rings. The van der Waals surface area contributed by atoms with Crippen molar-refractivity contribution in [3.05, 3.63) is 65.0 Å². The predicted octanol–water partition coefficient (Wildman–Crippen LogP) is 3.94. The number of nitrogens with one attached hydrogen (secondary N) is 2. The van der Waals surface area contributed by atoms with Crippen LogP contribution < -0.4 is 25.2 Å². The van der Waals surface area contributed by atoms with Crippen molar-refractivity contribution in [3.63, 3.8) is 0 Å². The van der Waals surface area contributed by atoms with E-state index in [1.807, 2.05) is 26.2 Å². The van der Waals surface area contributed by atoms with Gasteiger partial charge in [-0.3, -0.25) is 14.9 Å². The summed E-state index contributed by atoms with van der Waals surface area (Å²) in [5.74, 6) is 1.55. The lowest BCUT2D eigenvalue weighted by molar-refractivity contribution is -0.115. The molecule has 10 nitrogen and oxygen atoms in total. The van der Waals surface area contributed by atoms with Crippen LogP contribution in [0.5, 0.6) is 5.75 Å². The normalized spacial score (nSPS) is 16.9. The number of piperidine rings is 1. The molecule has 0 saturated carbocycles. The van der Waals surface area contributed by atoms with Gasteiger partial charge in [0.2, 0.25) is 5.95 Å². The zero-order valence-corrected chi connectivity index (χ0v) is 23.7. The van der Waals surface area contributed by atoms with Gasteiger partial charge in [-0.1, -0.05) is 12.1 Å². The Morgan fingerprint density at radius 1 is 1.15 bits per heavy atom. The highest BCUT2D eigenvalue weighted by Gasteiger charge is 2.26. The first-order valence-corrected chi connectivity index (χ1v) is 14.1. The number of anilines is 2. The average molecular weight is 560 g/mol. The maximum absolute atomic E-state index is 11.8. The number of carbonyl (C=O) groups excluding carboxylic acids is 2. The topological polar surface area (TPSA) is 113 Å². The van der Waals surface area contributed by atoms with Crippen LogP contribution in [0.2, 0.25) is 0 Å². The monoisotopic (exact) mass is 559 g/mol. The fraction of sp³-hybridized carbons (Fsp3) is 0.345. The lowest BCUT2D eigenvalue weighted by Gasteiger charge is -2.32. The number of aromatic nitrogens is 3. The SMILES string of the molecule is COc1ccc(-c2cccc(N(C)C)c2)nc1CNCC1CCN(c2nccc(C=C3SC(=O)NC3=O)n2)CC1. The quantitative estimate of drug-likeness (QED) is 0.374. The molecule has 1 aromatic carbocycles. The highest BCUT2D eigenvalue weighted by molar-refractivity contribution is 8.18. The molecular weight excluding hydrogens is 526 g/mol.